The fourth-order valence-corrected chi connectivity index (χ4v) is 3.47. The normalized spacial score (nSPS) is 11.2. The highest BCUT2D eigenvalue weighted by Crippen LogP contribution is 2.16. The lowest BCUT2D eigenvalue weighted by Crippen LogP contribution is -2.37. The second-order valence-corrected chi connectivity index (χ2v) is 7.61. The van der Waals surface area contributed by atoms with Gasteiger partial charge < -0.3 is 15.2 Å². The summed E-state index contributed by atoms with van der Waals surface area (Å²) in [7, 11) is 1.96. The van der Waals surface area contributed by atoms with Gasteiger partial charge in [0, 0.05) is 11.9 Å². The maximum Gasteiger partial charge on any atom is 0.192 e. The van der Waals surface area contributed by atoms with Crippen LogP contribution in [0.4, 0.5) is 0 Å². The van der Waals surface area contributed by atoms with Crippen LogP contribution in [0.1, 0.15) is 32.8 Å². The number of nitrogens with zero attached hydrogens (tertiary/aromatic N) is 5. The van der Waals surface area contributed by atoms with Gasteiger partial charge in [0.15, 0.2) is 11.8 Å². The van der Waals surface area contributed by atoms with Gasteiger partial charge in [-0.1, -0.05) is 30.3 Å². The summed E-state index contributed by atoms with van der Waals surface area (Å²) < 4.78 is 1.97. The summed E-state index contributed by atoms with van der Waals surface area (Å²) in [6, 6.07) is 10.2. The summed E-state index contributed by atoms with van der Waals surface area (Å²) in [5, 5.41) is 16.1. The zero-order valence-corrected chi connectivity index (χ0v) is 19.7. The van der Waals surface area contributed by atoms with Crippen LogP contribution in [0.15, 0.2) is 35.3 Å². The molecule has 0 radical (unpaired) electrons. The molecule has 3 rings (SSSR count). The molecular weight excluding hydrogens is 485 g/mol. The SMILES string of the molecule is Cc1nc(C)c(CNC(=NCc2ccccc2)NCc2nnc(C)n2C)s1.I. The Balaban J connectivity index is 0.00000280. The standard InChI is InChI=1S/C19H25N7S.HI/c1-13-17(27-15(3)23-13)11-21-19(20-10-16-8-6-5-7-9-16)22-12-18-25-24-14(2)26(18)4;/h5-9H,10-12H2,1-4H3,(H2,20,21,22);1H. The second-order valence-electron chi connectivity index (χ2n) is 6.32. The van der Waals surface area contributed by atoms with E-state index in [-0.39, 0.29) is 24.0 Å². The van der Waals surface area contributed by atoms with E-state index >= 15 is 0 Å². The number of thiazole rings is 1. The lowest BCUT2D eigenvalue weighted by atomic mass is 10.2. The van der Waals surface area contributed by atoms with E-state index < -0.39 is 0 Å². The molecule has 3 aromatic rings. The van der Waals surface area contributed by atoms with Gasteiger partial charge in [0.25, 0.3) is 0 Å². The van der Waals surface area contributed by atoms with Crippen LogP contribution in [0.3, 0.4) is 0 Å². The average molecular weight is 511 g/mol. The fourth-order valence-electron chi connectivity index (χ4n) is 2.60. The van der Waals surface area contributed by atoms with Crippen molar-refractivity contribution in [1.82, 2.24) is 30.4 Å². The minimum atomic E-state index is 0. The Labute approximate surface area is 186 Å². The van der Waals surface area contributed by atoms with E-state index in [2.05, 4.69) is 37.9 Å². The Morgan fingerprint density at radius 3 is 2.39 bits per heavy atom. The summed E-state index contributed by atoms with van der Waals surface area (Å²) >= 11 is 1.71. The van der Waals surface area contributed by atoms with Crippen molar-refractivity contribution in [2.45, 2.75) is 40.4 Å². The monoisotopic (exact) mass is 511 g/mol. The zero-order valence-electron chi connectivity index (χ0n) is 16.6. The molecule has 2 heterocycles. The van der Waals surface area contributed by atoms with E-state index in [1.165, 1.54) is 4.88 Å². The predicted octanol–water partition coefficient (Wildman–Crippen LogP) is 3.25. The number of hydrogen-bond donors (Lipinski definition) is 2. The zero-order chi connectivity index (χ0) is 19.2. The molecule has 2 aromatic heterocycles. The van der Waals surface area contributed by atoms with Crippen LogP contribution in [-0.2, 0) is 26.7 Å². The number of halogens is 1. The van der Waals surface area contributed by atoms with Crippen molar-refractivity contribution in [1.29, 1.82) is 0 Å². The number of nitrogens with one attached hydrogen (secondary N) is 2. The topological polar surface area (TPSA) is 80.0 Å². The molecule has 2 N–H and O–H groups in total. The van der Waals surface area contributed by atoms with Crippen LogP contribution in [0.2, 0.25) is 0 Å². The first-order valence-corrected chi connectivity index (χ1v) is 9.68. The van der Waals surface area contributed by atoms with Crippen LogP contribution in [0.25, 0.3) is 0 Å². The Morgan fingerprint density at radius 1 is 1.07 bits per heavy atom. The third kappa shape index (κ3) is 5.99. The first-order chi connectivity index (χ1) is 13.0. The number of aliphatic imine (C=N–C) groups is 1. The molecule has 150 valence electrons. The number of rotatable bonds is 6. The summed E-state index contributed by atoms with van der Waals surface area (Å²) in [6.45, 7) is 7.86. The molecule has 0 aliphatic heterocycles. The smallest absolute Gasteiger partial charge is 0.192 e. The van der Waals surface area contributed by atoms with Crippen molar-refractivity contribution in [2.24, 2.45) is 12.0 Å². The summed E-state index contributed by atoms with van der Waals surface area (Å²) in [5.41, 5.74) is 2.23. The Hall–Kier alpha value is -2.01. The van der Waals surface area contributed by atoms with E-state index in [0.717, 1.165) is 33.9 Å². The summed E-state index contributed by atoms with van der Waals surface area (Å²) in [6.07, 6.45) is 0. The van der Waals surface area contributed by atoms with E-state index in [1.807, 2.05) is 50.6 Å². The lowest BCUT2D eigenvalue weighted by Gasteiger charge is -2.12. The van der Waals surface area contributed by atoms with Gasteiger partial charge in [0.05, 0.1) is 30.3 Å². The molecule has 0 saturated carbocycles. The summed E-state index contributed by atoms with van der Waals surface area (Å²) in [4.78, 5) is 10.4. The molecule has 0 unspecified atom stereocenters. The highest BCUT2D eigenvalue weighted by atomic mass is 127. The van der Waals surface area contributed by atoms with Gasteiger partial charge in [0.1, 0.15) is 5.82 Å². The number of benzene rings is 1. The highest BCUT2D eigenvalue weighted by molar-refractivity contribution is 14.0. The molecule has 0 saturated heterocycles. The summed E-state index contributed by atoms with van der Waals surface area (Å²) in [5.74, 6) is 2.50. The van der Waals surface area contributed by atoms with E-state index in [9.17, 15) is 0 Å². The lowest BCUT2D eigenvalue weighted by molar-refractivity contribution is 0.715. The van der Waals surface area contributed by atoms with Crippen molar-refractivity contribution >= 4 is 41.3 Å². The van der Waals surface area contributed by atoms with E-state index in [0.29, 0.717) is 19.6 Å². The first kappa shape index (κ1) is 22.3. The third-order valence-corrected chi connectivity index (χ3v) is 5.35. The predicted molar refractivity (Wildman–Crippen MR) is 124 cm³/mol. The van der Waals surface area contributed by atoms with Crippen LogP contribution in [-0.4, -0.2) is 25.7 Å². The van der Waals surface area contributed by atoms with Crippen LogP contribution in [0, 0.1) is 20.8 Å². The number of guanidine groups is 1. The molecule has 0 atom stereocenters. The molecule has 0 bridgehead atoms. The fraction of sp³-hybridized carbons (Fsp3) is 0.368. The van der Waals surface area contributed by atoms with Crippen LogP contribution >= 0.6 is 35.3 Å². The van der Waals surface area contributed by atoms with E-state index in [4.69, 9.17) is 4.99 Å². The second kappa shape index (κ2) is 10.5. The van der Waals surface area contributed by atoms with Gasteiger partial charge in [-0.3, -0.25) is 0 Å². The average Bonchev–Trinajstić information content (AvgIpc) is 3.16. The molecule has 0 aliphatic rings. The molecule has 1 aromatic carbocycles. The van der Waals surface area contributed by atoms with Crippen LogP contribution in [0.5, 0.6) is 0 Å². The van der Waals surface area contributed by atoms with Gasteiger partial charge in [0.2, 0.25) is 0 Å². The van der Waals surface area contributed by atoms with Crippen molar-refractivity contribution in [3.63, 3.8) is 0 Å². The maximum absolute atomic E-state index is 4.72. The minimum Gasteiger partial charge on any atom is -0.351 e. The van der Waals surface area contributed by atoms with Crippen molar-refractivity contribution in [3.05, 3.63) is 63.1 Å². The number of aryl methyl sites for hydroxylation is 3. The van der Waals surface area contributed by atoms with Gasteiger partial charge >= 0.3 is 0 Å². The largest absolute Gasteiger partial charge is 0.351 e. The van der Waals surface area contributed by atoms with Crippen molar-refractivity contribution in [2.75, 3.05) is 0 Å². The number of hydrogen-bond acceptors (Lipinski definition) is 5. The van der Waals surface area contributed by atoms with Gasteiger partial charge in [-0.15, -0.1) is 45.5 Å². The van der Waals surface area contributed by atoms with E-state index in [1.54, 1.807) is 11.3 Å². The highest BCUT2D eigenvalue weighted by Gasteiger charge is 2.09. The Morgan fingerprint density at radius 2 is 1.79 bits per heavy atom. The van der Waals surface area contributed by atoms with Crippen molar-refractivity contribution < 1.29 is 0 Å². The molecule has 7 nitrogen and oxygen atoms in total. The molecular formula is C19H26IN7S. The Kier molecular flexibility index (Phi) is 8.36. The van der Waals surface area contributed by atoms with Crippen LogP contribution < -0.4 is 10.6 Å². The van der Waals surface area contributed by atoms with Crippen molar-refractivity contribution in [3.8, 4) is 0 Å². The molecule has 28 heavy (non-hydrogen) atoms. The minimum absolute atomic E-state index is 0. The third-order valence-electron chi connectivity index (χ3n) is 4.28. The molecule has 9 heteroatoms. The quantitative estimate of drug-likeness (QED) is 0.302. The molecule has 0 amide bonds. The van der Waals surface area contributed by atoms with Gasteiger partial charge in [-0.2, -0.15) is 0 Å². The maximum atomic E-state index is 4.72. The molecule has 0 fully saturated rings. The molecule has 0 spiro atoms. The Bertz CT molecular complexity index is 910. The first-order valence-electron chi connectivity index (χ1n) is 8.87. The van der Waals surface area contributed by atoms with Gasteiger partial charge in [-0.05, 0) is 26.3 Å². The van der Waals surface area contributed by atoms with Gasteiger partial charge in [-0.25, -0.2) is 9.98 Å². The number of aromatic nitrogens is 4. The molecule has 0 aliphatic carbocycles.